The van der Waals surface area contributed by atoms with Crippen LogP contribution in [0.4, 0.5) is 0 Å². The molecular weight excluding hydrogens is 403 g/mol. The van der Waals surface area contributed by atoms with Crippen LogP contribution in [0.15, 0.2) is 29.3 Å². The lowest BCUT2D eigenvalue weighted by molar-refractivity contribution is 0.174. The second kappa shape index (κ2) is 8.84. The smallest absolute Gasteiger partial charge is 0.191 e. The first kappa shape index (κ1) is 18.5. The van der Waals surface area contributed by atoms with E-state index in [-0.39, 0.29) is 30.1 Å². The molecule has 0 bridgehead atoms. The number of guanidine groups is 1. The fraction of sp³-hybridized carbons (Fsp3) is 0.588. The monoisotopic (exact) mass is 430 g/mol. The van der Waals surface area contributed by atoms with Crippen molar-refractivity contribution in [3.05, 3.63) is 35.4 Å². The van der Waals surface area contributed by atoms with Crippen LogP contribution in [0, 0.1) is 0 Å². The summed E-state index contributed by atoms with van der Waals surface area (Å²) in [7, 11) is 1.81. The van der Waals surface area contributed by atoms with E-state index in [0.29, 0.717) is 6.04 Å². The van der Waals surface area contributed by atoms with Crippen molar-refractivity contribution in [3.63, 3.8) is 0 Å². The van der Waals surface area contributed by atoms with Gasteiger partial charge >= 0.3 is 0 Å². The SMILES string of the molecule is CN=C(NCc1ccccc1CN1CCC(O)C1)NC1CC1.I. The zero-order chi connectivity index (χ0) is 15.4. The van der Waals surface area contributed by atoms with Gasteiger partial charge in [0.2, 0.25) is 0 Å². The molecule has 6 heteroatoms. The summed E-state index contributed by atoms with van der Waals surface area (Å²) in [5.74, 6) is 0.883. The van der Waals surface area contributed by atoms with Crippen LogP contribution in [0.5, 0.6) is 0 Å². The van der Waals surface area contributed by atoms with Crippen molar-refractivity contribution in [2.45, 2.75) is 44.5 Å². The molecule has 5 nitrogen and oxygen atoms in total. The van der Waals surface area contributed by atoms with Crippen molar-refractivity contribution in [1.82, 2.24) is 15.5 Å². The Hall–Kier alpha value is -0.860. The number of halogens is 1. The van der Waals surface area contributed by atoms with Crippen LogP contribution in [-0.4, -0.2) is 48.2 Å². The average Bonchev–Trinajstić information content (AvgIpc) is 3.26. The summed E-state index contributed by atoms with van der Waals surface area (Å²) in [6.07, 6.45) is 3.22. The molecule has 0 amide bonds. The summed E-state index contributed by atoms with van der Waals surface area (Å²) >= 11 is 0. The number of benzene rings is 1. The van der Waals surface area contributed by atoms with Crippen molar-refractivity contribution < 1.29 is 5.11 Å². The van der Waals surface area contributed by atoms with Gasteiger partial charge < -0.3 is 15.7 Å². The third kappa shape index (κ3) is 5.61. The summed E-state index contributed by atoms with van der Waals surface area (Å²) in [5.41, 5.74) is 2.62. The molecule has 0 spiro atoms. The Morgan fingerprint density at radius 2 is 2.00 bits per heavy atom. The Kier molecular flexibility index (Phi) is 7.10. The van der Waals surface area contributed by atoms with Crippen LogP contribution >= 0.6 is 24.0 Å². The molecule has 3 N–H and O–H groups in total. The maximum atomic E-state index is 9.67. The normalized spacial score (nSPS) is 21.8. The number of β-amino-alcohol motifs (C(OH)–C–C–N with tert-alkyl or cyclic N) is 1. The minimum absolute atomic E-state index is 0. The number of hydrogen-bond acceptors (Lipinski definition) is 3. The highest BCUT2D eigenvalue weighted by Crippen LogP contribution is 2.19. The van der Waals surface area contributed by atoms with Gasteiger partial charge in [0.15, 0.2) is 5.96 Å². The minimum atomic E-state index is -0.160. The Morgan fingerprint density at radius 1 is 1.26 bits per heavy atom. The molecule has 1 heterocycles. The Labute approximate surface area is 155 Å². The molecule has 1 aliphatic heterocycles. The van der Waals surface area contributed by atoms with E-state index >= 15 is 0 Å². The number of rotatable bonds is 5. The van der Waals surface area contributed by atoms with Gasteiger partial charge in [0.25, 0.3) is 0 Å². The zero-order valence-corrected chi connectivity index (χ0v) is 16.0. The third-order valence-corrected chi connectivity index (χ3v) is 4.35. The quantitative estimate of drug-likeness (QED) is 0.378. The van der Waals surface area contributed by atoms with Gasteiger partial charge in [-0.25, -0.2) is 0 Å². The minimum Gasteiger partial charge on any atom is -0.392 e. The summed E-state index contributed by atoms with van der Waals surface area (Å²) in [5, 5.41) is 16.5. The van der Waals surface area contributed by atoms with E-state index in [1.807, 2.05) is 7.05 Å². The number of aliphatic hydroxyl groups is 1. The molecule has 3 rings (SSSR count). The van der Waals surface area contributed by atoms with Gasteiger partial charge in [-0.05, 0) is 30.4 Å². The van der Waals surface area contributed by atoms with E-state index in [0.717, 1.165) is 38.6 Å². The third-order valence-electron chi connectivity index (χ3n) is 4.35. The van der Waals surface area contributed by atoms with Gasteiger partial charge in [-0.2, -0.15) is 0 Å². The maximum absolute atomic E-state index is 9.67. The first-order chi connectivity index (χ1) is 10.7. The summed E-state index contributed by atoms with van der Waals surface area (Å²) < 4.78 is 0. The van der Waals surface area contributed by atoms with Crippen molar-refractivity contribution in [1.29, 1.82) is 0 Å². The highest BCUT2D eigenvalue weighted by molar-refractivity contribution is 14.0. The number of nitrogens with one attached hydrogen (secondary N) is 2. The molecule has 2 fully saturated rings. The number of nitrogens with zero attached hydrogens (tertiary/aromatic N) is 2. The van der Waals surface area contributed by atoms with E-state index in [1.165, 1.54) is 24.0 Å². The summed E-state index contributed by atoms with van der Waals surface area (Å²) in [6, 6.07) is 9.12. The highest BCUT2D eigenvalue weighted by Gasteiger charge is 2.22. The standard InChI is InChI=1S/C17H26N4O.HI/c1-18-17(20-15-6-7-15)19-10-13-4-2-3-5-14(13)11-21-9-8-16(22)12-21;/h2-5,15-16,22H,6-12H2,1H3,(H2,18,19,20);1H. The first-order valence-electron chi connectivity index (χ1n) is 8.19. The van der Waals surface area contributed by atoms with Crippen molar-refractivity contribution in [2.75, 3.05) is 20.1 Å². The Morgan fingerprint density at radius 3 is 2.61 bits per heavy atom. The molecular formula is C17H27IN4O. The van der Waals surface area contributed by atoms with E-state index < -0.39 is 0 Å². The predicted octanol–water partition coefficient (Wildman–Crippen LogP) is 1.70. The lowest BCUT2D eigenvalue weighted by atomic mass is 10.1. The number of aliphatic imine (C=N–C) groups is 1. The topological polar surface area (TPSA) is 59.9 Å². The van der Waals surface area contributed by atoms with Crippen LogP contribution in [0.2, 0.25) is 0 Å². The Balaban J connectivity index is 0.00000192. The first-order valence-corrected chi connectivity index (χ1v) is 8.19. The van der Waals surface area contributed by atoms with Crippen LogP contribution in [0.1, 0.15) is 30.4 Å². The average molecular weight is 430 g/mol. The molecule has 128 valence electrons. The molecule has 1 aliphatic carbocycles. The zero-order valence-electron chi connectivity index (χ0n) is 13.7. The second-order valence-corrected chi connectivity index (χ2v) is 6.29. The molecule has 1 unspecified atom stereocenters. The molecule has 1 aromatic carbocycles. The second-order valence-electron chi connectivity index (χ2n) is 6.29. The number of hydrogen-bond donors (Lipinski definition) is 3. The molecule has 1 saturated heterocycles. The summed E-state index contributed by atoms with van der Waals surface area (Å²) in [6.45, 7) is 3.45. The largest absolute Gasteiger partial charge is 0.392 e. The van der Waals surface area contributed by atoms with Gasteiger partial charge in [0.05, 0.1) is 6.10 Å². The molecule has 0 radical (unpaired) electrons. The van der Waals surface area contributed by atoms with E-state index in [2.05, 4.69) is 44.8 Å². The van der Waals surface area contributed by atoms with Gasteiger partial charge in [-0.3, -0.25) is 9.89 Å². The highest BCUT2D eigenvalue weighted by atomic mass is 127. The lowest BCUT2D eigenvalue weighted by Crippen LogP contribution is -2.38. The maximum Gasteiger partial charge on any atom is 0.191 e. The lowest BCUT2D eigenvalue weighted by Gasteiger charge is -2.18. The number of aliphatic hydroxyl groups excluding tert-OH is 1. The van der Waals surface area contributed by atoms with Crippen LogP contribution < -0.4 is 10.6 Å². The van der Waals surface area contributed by atoms with Crippen LogP contribution in [0.3, 0.4) is 0 Å². The fourth-order valence-corrected chi connectivity index (χ4v) is 2.88. The predicted molar refractivity (Wildman–Crippen MR) is 104 cm³/mol. The van der Waals surface area contributed by atoms with Gasteiger partial charge in [-0.1, -0.05) is 24.3 Å². The molecule has 1 atom stereocenters. The van der Waals surface area contributed by atoms with E-state index in [1.54, 1.807) is 0 Å². The molecule has 1 aromatic rings. The Bertz CT molecular complexity index is 533. The molecule has 1 saturated carbocycles. The molecule has 0 aromatic heterocycles. The summed E-state index contributed by atoms with van der Waals surface area (Å²) in [4.78, 5) is 6.60. The van der Waals surface area contributed by atoms with E-state index in [9.17, 15) is 5.11 Å². The van der Waals surface area contributed by atoms with Crippen LogP contribution in [-0.2, 0) is 13.1 Å². The van der Waals surface area contributed by atoms with Gasteiger partial charge in [-0.15, -0.1) is 24.0 Å². The molecule has 23 heavy (non-hydrogen) atoms. The fourth-order valence-electron chi connectivity index (χ4n) is 2.88. The number of likely N-dealkylation sites (tertiary alicyclic amines) is 1. The van der Waals surface area contributed by atoms with Crippen molar-refractivity contribution in [2.24, 2.45) is 4.99 Å². The van der Waals surface area contributed by atoms with Crippen LogP contribution in [0.25, 0.3) is 0 Å². The molecule has 2 aliphatic rings. The van der Waals surface area contributed by atoms with Crippen molar-refractivity contribution in [3.8, 4) is 0 Å². The van der Waals surface area contributed by atoms with Crippen molar-refractivity contribution >= 4 is 29.9 Å². The van der Waals surface area contributed by atoms with Gasteiger partial charge in [0.1, 0.15) is 0 Å². The van der Waals surface area contributed by atoms with Gasteiger partial charge in [0, 0.05) is 39.3 Å². The van der Waals surface area contributed by atoms with E-state index in [4.69, 9.17) is 0 Å².